The Morgan fingerprint density at radius 1 is 1.25 bits per heavy atom. The molecule has 0 unspecified atom stereocenters. The van der Waals surface area contributed by atoms with Crippen LogP contribution in [-0.2, 0) is 17.8 Å². The minimum absolute atomic E-state index is 0.0902. The summed E-state index contributed by atoms with van der Waals surface area (Å²) >= 11 is 0. The van der Waals surface area contributed by atoms with Gasteiger partial charge in [-0.25, -0.2) is 4.99 Å². The van der Waals surface area contributed by atoms with Crippen LogP contribution in [0.4, 0.5) is 0 Å². The summed E-state index contributed by atoms with van der Waals surface area (Å²) in [7, 11) is 0. The highest BCUT2D eigenvalue weighted by atomic mass is 16.5. The van der Waals surface area contributed by atoms with Gasteiger partial charge in [0.1, 0.15) is 6.61 Å². The summed E-state index contributed by atoms with van der Waals surface area (Å²) in [6, 6.07) is 2.43. The maximum atomic E-state index is 9.53. The fraction of sp³-hybridized carbons (Fsp3) is 0.588. The smallest absolute Gasteiger partial charge is 0.188 e. The van der Waals surface area contributed by atoms with E-state index in [0.29, 0.717) is 12.5 Å². The van der Waals surface area contributed by atoms with Crippen molar-refractivity contribution in [1.82, 2.24) is 0 Å². The van der Waals surface area contributed by atoms with Crippen molar-refractivity contribution in [3.63, 3.8) is 0 Å². The van der Waals surface area contributed by atoms with Crippen molar-refractivity contribution in [2.45, 2.75) is 53.7 Å². The number of ether oxygens (including phenoxy) is 1. The van der Waals surface area contributed by atoms with Gasteiger partial charge < -0.3 is 9.84 Å². The lowest BCUT2D eigenvalue weighted by Gasteiger charge is -2.16. The molecule has 0 amide bonds. The maximum Gasteiger partial charge on any atom is 0.188 e. The minimum atomic E-state index is 0.0902. The Bertz CT molecular complexity index is 532. The SMILES string of the molecule is Cc1cc(C)c(CC2=N[C@@H](C(C)C)CO2)c(C)c1CO. The van der Waals surface area contributed by atoms with E-state index < -0.39 is 0 Å². The molecule has 0 saturated heterocycles. The molecule has 0 bridgehead atoms. The zero-order valence-electron chi connectivity index (χ0n) is 13.2. The first-order valence-electron chi connectivity index (χ1n) is 7.33. The van der Waals surface area contributed by atoms with E-state index in [9.17, 15) is 5.11 Å². The Morgan fingerprint density at radius 2 is 1.90 bits per heavy atom. The average Bonchev–Trinajstić information content (AvgIpc) is 2.83. The molecule has 0 spiro atoms. The first-order chi connectivity index (χ1) is 9.43. The van der Waals surface area contributed by atoms with Gasteiger partial charge in [-0.05, 0) is 54.5 Å². The molecule has 0 radical (unpaired) electrons. The molecule has 0 fully saturated rings. The third-order valence-electron chi connectivity index (χ3n) is 4.28. The zero-order valence-corrected chi connectivity index (χ0v) is 13.2. The number of hydrogen-bond donors (Lipinski definition) is 1. The van der Waals surface area contributed by atoms with E-state index in [1.54, 1.807) is 0 Å². The lowest BCUT2D eigenvalue weighted by atomic mass is 9.92. The van der Waals surface area contributed by atoms with E-state index in [1.807, 2.05) is 6.92 Å². The minimum Gasteiger partial charge on any atom is -0.478 e. The molecule has 1 atom stereocenters. The molecule has 0 aliphatic carbocycles. The van der Waals surface area contributed by atoms with Crippen molar-refractivity contribution < 1.29 is 9.84 Å². The summed E-state index contributed by atoms with van der Waals surface area (Å²) in [6.45, 7) is 11.4. The molecule has 1 aromatic carbocycles. The molecule has 2 rings (SSSR count). The molecule has 1 aliphatic heterocycles. The van der Waals surface area contributed by atoms with Gasteiger partial charge >= 0.3 is 0 Å². The van der Waals surface area contributed by atoms with Crippen molar-refractivity contribution in [1.29, 1.82) is 0 Å². The number of aliphatic imine (C=N–C) groups is 1. The van der Waals surface area contributed by atoms with Gasteiger partial charge in [-0.1, -0.05) is 19.9 Å². The van der Waals surface area contributed by atoms with E-state index in [1.165, 1.54) is 16.7 Å². The second-order valence-corrected chi connectivity index (χ2v) is 6.07. The quantitative estimate of drug-likeness (QED) is 0.917. The van der Waals surface area contributed by atoms with Gasteiger partial charge in [0.2, 0.25) is 0 Å². The van der Waals surface area contributed by atoms with Crippen LogP contribution < -0.4 is 0 Å². The topological polar surface area (TPSA) is 41.8 Å². The number of aliphatic hydroxyl groups is 1. The van der Waals surface area contributed by atoms with E-state index >= 15 is 0 Å². The Kier molecular flexibility index (Phi) is 4.48. The summed E-state index contributed by atoms with van der Waals surface area (Å²) in [4.78, 5) is 4.67. The van der Waals surface area contributed by atoms with Crippen LogP contribution >= 0.6 is 0 Å². The molecular weight excluding hydrogens is 250 g/mol. The van der Waals surface area contributed by atoms with Crippen LogP contribution in [0.3, 0.4) is 0 Å². The maximum absolute atomic E-state index is 9.53. The Balaban J connectivity index is 2.29. The van der Waals surface area contributed by atoms with Gasteiger partial charge in [-0.15, -0.1) is 0 Å². The highest BCUT2D eigenvalue weighted by Crippen LogP contribution is 2.25. The van der Waals surface area contributed by atoms with E-state index in [4.69, 9.17) is 4.74 Å². The Morgan fingerprint density at radius 3 is 2.45 bits per heavy atom. The molecule has 3 nitrogen and oxygen atoms in total. The number of aryl methyl sites for hydroxylation is 2. The second-order valence-electron chi connectivity index (χ2n) is 6.07. The fourth-order valence-corrected chi connectivity index (χ4v) is 2.82. The van der Waals surface area contributed by atoms with Crippen LogP contribution in [0.5, 0.6) is 0 Å². The molecule has 1 aromatic rings. The molecule has 0 saturated carbocycles. The fourth-order valence-electron chi connectivity index (χ4n) is 2.82. The summed E-state index contributed by atoms with van der Waals surface area (Å²) in [5, 5.41) is 9.53. The van der Waals surface area contributed by atoms with Crippen LogP contribution in [0.2, 0.25) is 0 Å². The third-order valence-corrected chi connectivity index (χ3v) is 4.28. The first-order valence-corrected chi connectivity index (χ1v) is 7.33. The van der Waals surface area contributed by atoms with Gasteiger partial charge in [-0.3, -0.25) is 0 Å². The largest absolute Gasteiger partial charge is 0.478 e. The standard InChI is InChI=1S/C17H25NO2/c1-10(2)16-9-20-17(18-16)7-14-11(3)6-12(4)15(8-19)13(14)5/h6,10,16,19H,7-9H2,1-5H3/t16-/m1/s1. The van der Waals surface area contributed by atoms with Crippen LogP contribution in [0.1, 0.15) is 41.7 Å². The second kappa shape index (κ2) is 5.96. The average molecular weight is 275 g/mol. The van der Waals surface area contributed by atoms with Crippen molar-refractivity contribution in [3.05, 3.63) is 33.9 Å². The highest BCUT2D eigenvalue weighted by Gasteiger charge is 2.23. The lowest BCUT2D eigenvalue weighted by molar-refractivity contribution is 0.279. The molecule has 3 heteroatoms. The van der Waals surface area contributed by atoms with Crippen LogP contribution in [0.15, 0.2) is 11.1 Å². The van der Waals surface area contributed by atoms with Crippen molar-refractivity contribution in [2.75, 3.05) is 6.61 Å². The predicted molar refractivity (Wildman–Crippen MR) is 82.3 cm³/mol. The van der Waals surface area contributed by atoms with E-state index in [-0.39, 0.29) is 12.6 Å². The number of hydrogen-bond acceptors (Lipinski definition) is 3. The van der Waals surface area contributed by atoms with Crippen molar-refractivity contribution in [2.24, 2.45) is 10.9 Å². The lowest BCUT2D eigenvalue weighted by Crippen LogP contribution is -2.13. The third kappa shape index (κ3) is 2.88. The van der Waals surface area contributed by atoms with Crippen LogP contribution in [0, 0.1) is 26.7 Å². The monoisotopic (exact) mass is 275 g/mol. The van der Waals surface area contributed by atoms with Gasteiger partial charge in [0.05, 0.1) is 12.6 Å². The molecule has 20 heavy (non-hydrogen) atoms. The van der Waals surface area contributed by atoms with Gasteiger partial charge in [-0.2, -0.15) is 0 Å². The summed E-state index contributed by atoms with van der Waals surface area (Å²) in [6.07, 6.45) is 0.730. The first kappa shape index (κ1) is 15.0. The Hall–Kier alpha value is -1.35. The normalized spacial score (nSPS) is 18.4. The van der Waals surface area contributed by atoms with Gasteiger partial charge in [0.15, 0.2) is 5.90 Å². The van der Waals surface area contributed by atoms with Gasteiger partial charge in [0.25, 0.3) is 0 Å². The van der Waals surface area contributed by atoms with Crippen molar-refractivity contribution >= 4 is 5.90 Å². The number of rotatable bonds is 4. The highest BCUT2D eigenvalue weighted by molar-refractivity contribution is 5.81. The summed E-state index contributed by atoms with van der Waals surface area (Å²) in [5.74, 6) is 1.35. The van der Waals surface area contributed by atoms with E-state index in [2.05, 4.69) is 38.8 Å². The molecule has 1 heterocycles. The summed E-state index contributed by atoms with van der Waals surface area (Å²) in [5.41, 5.74) is 5.84. The van der Waals surface area contributed by atoms with Crippen LogP contribution in [0.25, 0.3) is 0 Å². The molecular formula is C17H25NO2. The number of nitrogens with zero attached hydrogens (tertiary/aromatic N) is 1. The number of aliphatic hydroxyl groups excluding tert-OH is 1. The predicted octanol–water partition coefficient (Wildman–Crippen LogP) is 3.10. The molecule has 110 valence electrons. The number of benzene rings is 1. The Labute approximate surface area is 121 Å². The van der Waals surface area contributed by atoms with E-state index in [0.717, 1.165) is 23.4 Å². The summed E-state index contributed by atoms with van der Waals surface area (Å²) < 4.78 is 5.73. The molecule has 0 aromatic heterocycles. The molecule has 1 aliphatic rings. The van der Waals surface area contributed by atoms with Crippen molar-refractivity contribution in [3.8, 4) is 0 Å². The zero-order chi connectivity index (χ0) is 14.9. The van der Waals surface area contributed by atoms with Gasteiger partial charge in [0, 0.05) is 6.42 Å². The van der Waals surface area contributed by atoms with Crippen LogP contribution in [-0.4, -0.2) is 23.7 Å². The molecule has 1 N–H and O–H groups in total.